The van der Waals surface area contributed by atoms with E-state index in [1.165, 1.54) is 212 Å². The highest BCUT2D eigenvalue weighted by Gasteiger charge is 2.30. The third-order valence-electron chi connectivity index (χ3n) is 18.6. The highest BCUT2D eigenvalue weighted by atomic mass is 31.2. The van der Waals surface area contributed by atoms with E-state index in [0.717, 1.165) is 115 Å². The lowest BCUT2D eigenvalue weighted by Gasteiger charge is -2.21. The molecule has 0 heterocycles. The second-order valence-corrected chi connectivity index (χ2v) is 32.7. The van der Waals surface area contributed by atoms with E-state index >= 15 is 0 Å². The molecule has 101 heavy (non-hydrogen) atoms. The average molecular weight is 1480 g/mol. The molecule has 3 N–H and O–H groups in total. The van der Waals surface area contributed by atoms with Crippen molar-refractivity contribution in [1.82, 2.24) is 0 Å². The first-order chi connectivity index (χ1) is 48.9. The molecule has 0 aliphatic heterocycles. The molecule has 0 saturated heterocycles. The Morgan fingerprint density at radius 3 is 0.812 bits per heavy atom. The van der Waals surface area contributed by atoms with Gasteiger partial charge in [-0.05, 0) is 63.2 Å². The zero-order valence-electron chi connectivity index (χ0n) is 65.7. The molecule has 0 fully saturated rings. The van der Waals surface area contributed by atoms with Crippen molar-refractivity contribution in [3.05, 3.63) is 24.3 Å². The molecule has 0 amide bonds. The number of carbonyl (C=O) groups excluding carboxylic acids is 4. The Bertz CT molecular complexity index is 2040. The van der Waals surface area contributed by atoms with Crippen molar-refractivity contribution >= 4 is 39.5 Å². The van der Waals surface area contributed by atoms with Crippen LogP contribution in [-0.2, 0) is 65.4 Å². The topological polar surface area (TPSA) is 237 Å². The predicted octanol–water partition coefficient (Wildman–Crippen LogP) is 24.2. The zero-order valence-corrected chi connectivity index (χ0v) is 67.5. The van der Waals surface area contributed by atoms with Crippen LogP contribution in [0, 0.1) is 11.8 Å². The van der Waals surface area contributed by atoms with Crippen molar-refractivity contribution in [2.24, 2.45) is 11.8 Å². The van der Waals surface area contributed by atoms with E-state index in [9.17, 15) is 43.2 Å². The van der Waals surface area contributed by atoms with Gasteiger partial charge in [-0.3, -0.25) is 37.3 Å². The third-order valence-corrected chi connectivity index (χ3v) is 20.5. The minimum Gasteiger partial charge on any atom is -0.462 e. The molecule has 0 aliphatic carbocycles. The van der Waals surface area contributed by atoms with Gasteiger partial charge in [-0.2, -0.15) is 0 Å². The molecule has 0 bridgehead atoms. The largest absolute Gasteiger partial charge is 0.472 e. The molecule has 0 aromatic carbocycles. The number of aliphatic hydroxyl groups excluding tert-OH is 1. The summed E-state index contributed by atoms with van der Waals surface area (Å²) < 4.78 is 68.7. The Kier molecular flexibility index (Phi) is 71.3. The lowest BCUT2D eigenvalue weighted by molar-refractivity contribution is -0.161. The van der Waals surface area contributed by atoms with E-state index < -0.39 is 97.5 Å². The van der Waals surface area contributed by atoms with Crippen LogP contribution in [0.1, 0.15) is 408 Å². The number of allylic oxidation sites excluding steroid dienone is 4. The molecule has 0 spiro atoms. The predicted molar refractivity (Wildman–Crippen MR) is 414 cm³/mol. The van der Waals surface area contributed by atoms with Crippen molar-refractivity contribution in [2.45, 2.75) is 426 Å². The number of phosphoric acid groups is 2. The number of aliphatic hydroxyl groups is 1. The fourth-order valence-corrected chi connectivity index (χ4v) is 13.8. The number of ether oxygens (including phenoxy) is 4. The summed E-state index contributed by atoms with van der Waals surface area (Å²) in [5.74, 6) is -0.552. The van der Waals surface area contributed by atoms with Crippen LogP contribution in [0.5, 0.6) is 0 Å². The number of hydrogen-bond donors (Lipinski definition) is 3. The zero-order chi connectivity index (χ0) is 74.2. The molecular formula is C82H156O17P2. The van der Waals surface area contributed by atoms with E-state index in [4.69, 9.17) is 37.0 Å². The Morgan fingerprint density at radius 1 is 0.307 bits per heavy atom. The molecule has 0 saturated carbocycles. The third kappa shape index (κ3) is 75.6. The lowest BCUT2D eigenvalue weighted by atomic mass is 10.0. The highest BCUT2D eigenvalue weighted by molar-refractivity contribution is 7.47. The molecular weight excluding hydrogens is 1320 g/mol. The van der Waals surface area contributed by atoms with Crippen LogP contribution >= 0.6 is 15.6 Å². The maximum Gasteiger partial charge on any atom is 0.472 e. The van der Waals surface area contributed by atoms with Crippen LogP contribution < -0.4 is 0 Å². The second kappa shape index (κ2) is 73.1. The maximum absolute atomic E-state index is 13.1. The fraction of sp³-hybridized carbons (Fsp3) is 0.902. The molecule has 19 heteroatoms. The number of esters is 4. The van der Waals surface area contributed by atoms with Gasteiger partial charge in [-0.25, -0.2) is 9.13 Å². The van der Waals surface area contributed by atoms with Gasteiger partial charge >= 0.3 is 39.5 Å². The summed E-state index contributed by atoms with van der Waals surface area (Å²) in [5, 5.41) is 10.7. The number of hydrogen-bond acceptors (Lipinski definition) is 15. The average Bonchev–Trinajstić information content (AvgIpc) is 1.06. The normalized spacial score (nSPS) is 14.0. The molecule has 17 nitrogen and oxygen atoms in total. The van der Waals surface area contributed by atoms with E-state index in [2.05, 4.69) is 65.8 Å². The van der Waals surface area contributed by atoms with Crippen molar-refractivity contribution < 1.29 is 80.2 Å². The van der Waals surface area contributed by atoms with E-state index in [-0.39, 0.29) is 25.7 Å². The molecule has 596 valence electrons. The number of rotatable bonds is 79. The number of phosphoric ester groups is 2. The summed E-state index contributed by atoms with van der Waals surface area (Å²) in [6.45, 7) is 9.62. The minimum absolute atomic E-state index is 0.0856. The summed E-state index contributed by atoms with van der Waals surface area (Å²) in [5.41, 5.74) is 0. The minimum atomic E-state index is -4.97. The fourth-order valence-electron chi connectivity index (χ4n) is 12.2. The first-order valence-corrected chi connectivity index (χ1v) is 44.8. The molecule has 2 unspecified atom stereocenters. The van der Waals surface area contributed by atoms with Gasteiger partial charge in [-0.1, -0.05) is 355 Å². The molecule has 0 aliphatic rings. The van der Waals surface area contributed by atoms with Gasteiger partial charge in [0.25, 0.3) is 0 Å². The number of unbranched alkanes of at least 4 members (excludes halogenated alkanes) is 46. The first kappa shape index (κ1) is 98.5. The molecule has 0 radical (unpaired) electrons. The van der Waals surface area contributed by atoms with Gasteiger partial charge in [0.05, 0.1) is 26.4 Å². The van der Waals surface area contributed by atoms with Crippen molar-refractivity contribution in [3.63, 3.8) is 0 Å². The van der Waals surface area contributed by atoms with Crippen molar-refractivity contribution in [1.29, 1.82) is 0 Å². The lowest BCUT2D eigenvalue weighted by Crippen LogP contribution is -2.30. The summed E-state index contributed by atoms with van der Waals surface area (Å²) in [4.78, 5) is 73.1. The Morgan fingerprint density at radius 2 is 0.535 bits per heavy atom. The van der Waals surface area contributed by atoms with Crippen molar-refractivity contribution in [2.75, 3.05) is 39.6 Å². The smallest absolute Gasteiger partial charge is 0.462 e. The Hall–Kier alpha value is -2.46. The van der Waals surface area contributed by atoms with Gasteiger partial charge in [0, 0.05) is 25.7 Å². The summed E-state index contributed by atoms with van der Waals surface area (Å²) in [7, 11) is -9.94. The van der Waals surface area contributed by atoms with E-state index in [0.29, 0.717) is 25.7 Å². The summed E-state index contributed by atoms with van der Waals surface area (Å²) in [6.07, 6.45) is 65.8. The molecule has 0 rings (SSSR count). The second-order valence-electron chi connectivity index (χ2n) is 29.8. The molecule has 5 atom stereocenters. The SMILES string of the molecule is CCCCCC/C=C\C=C/CCCCCCCC(=O)O[C@H](COC(=O)CCCCCCCCCCCCCCC)COP(=O)(O)OC[C@H](O)COP(=O)(O)OC[C@@H](COC(=O)CCCCCCCCCCCCCCCC(C)C)OC(=O)CCCCCCCCCCCCCCCCC(C)C. The van der Waals surface area contributed by atoms with Crippen LogP contribution in [-0.4, -0.2) is 96.7 Å². The van der Waals surface area contributed by atoms with Gasteiger partial charge < -0.3 is 33.8 Å². The molecule has 0 aromatic rings. The van der Waals surface area contributed by atoms with Gasteiger partial charge in [0.2, 0.25) is 0 Å². The van der Waals surface area contributed by atoms with Crippen LogP contribution in [0.3, 0.4) is 0 Å². The standard InChI is InChI=1S/C82H156O17P2/c1-7-9-11-13-15-17-19-21-22-29-36-42-48-54-60-66-81(86)98-77(70-92-79(84)64-58-52-46-40-34-26-20-18-16-14-12-10-8-2)72-96-100(88,89)94-68-76(83)69-95-101(90,91)97-73-78(71-93-80(85)65-59-53-47-41-35-31-25-28-33-39-45-51-57-63-75(5)6)99-82(87)67-61-55-49-43-37-30-24-23-27-32-38-44-50-56-62-74(3)4/h17,19,21-22,74-78,83H,7-16,18,20,23-73H2,1-6H3,(H,88,89)(H,90,91)/b19-17-,22-21-/t76-,77+,78+/m0/s1. The highest BCUT2D eigenvalue weighted by Crippen LogP contribution is 2.45. The summed E-state index contributed by atoms with van der Waals surface area (Å²) >= 11 is 0. The summed E-state index contributed by atoms with van der Waals surface area (Å²) in [6, 6.07) is 0. The molecule has 0 aromatic heterocycles. The van der Waals surface area contributed by atoms with Crippen LogP contribution in [0.4, 0.5) is 0 Å². The maximum atomic E-state index is 13.1. The van der Waals surface area contributed by atoms with E-state index in [1.807, 2.05) is 0 Å². The van der Waals surface area contributed by atoms with Crippen LogP contribution in [0.25, 0.3) is 0 Å². The van der Waals surface area contributed by atoms with Crippen molar-refractivity contribution in [3.8, 4) is 0 Å². The Labute approximate surface area is 618 Å². The van der Waals surface area contributed by atoms with Gasteiger partial charge in [0.15, 0.2) is 12.2 Å². The monoisotopic (exact) mass is 1480 g/mol. The van der Waals surface area contributed by atoms with Gasteiger partial charge in [-0.15, -0.1) is 0 Å². The van der Waals surface area contributed by atoms with E-state index in [1.54, 1.807) is 0 Å². The Balaban J connectivity index is 5.30. The van der Waals surface area contributed by atoms with Gasteiger partial charge in [0.1, 0.15) is 19.3 Å². The number of carbonyl (C=O) groups is 4. The van der Waals surface area contributed by atoms with Crippen LogP contribution in [0.2, 0.25) is 0 Å². The first-order valence-electron chi connectivity index (χ1n) is 41.8. The quantitative estimate of drug-likeness (QED) is 0.0169. The van der Waals surface area contributed by atoms with Crippen LogP contribution in [0.15, 0.2) is 24.3 Å².